The minimum absolute atomic E-state index is 0.151. The van der Waals surface area contributed by atoms with Crippen LogP contribution in [0, 0.1) is 6.92 Å². The summed E-state index contributed by atoms with van der Waals surface area (Å²) in [5.41, 5.74) is 0.234. The number of halogens is 1. The molecule has 2 aromatic heterocycles. The average molecular weight is 298 g/mol. The Labute approximate surface area is 120 Å². The first kappa shape index (κ1) is 14.5. The van der Waals surface area contributed by atoms with Gasteiger partial charge in [-0.15, -0.1) is 0 Å². The van der Waals surface area contributed by atoms with Crippen molar-refractivity contribution >= 4 is 17.3 Å². The van der Waals surface area contributed by atoms with Crippen molar-refractivity contribution in [3.63, 3.8) is 0 Å². The van der Waals surface area contributed by atoms with E-state index in [-0.39, 0.29) is 10.6 Å². The van der Waals surface area contributed by atoms with Crippen LogP contribution in [-0.4, -0.2) is 26.5 Å². The highest BCUT2D eigenvalue weighted by atomic mass is 35.5. The second-order valence-electron chi connectivity index (χ2n) is 4.31. The van der Waals surface area contributed by atoms with Crippen LogP contribution in [0.5, 0.6) is 0 Å². The summed E-state index contributed by atoms with van der Waals surface area (Å²) < 4.78 is 6.23. The minimum Gasteiger partial charge on any atom is -0.382 e. The first-order valence-electron chi connectivity index (χ1n) is 6.40. The molecule has 0 aliphatic rings. The number of rotatable bonds is 6. The highest BCUT2D eigenvalue weighted by Gasteiger charge is 2.09. The van der Waals surface area contributed by atoms with E-state index in [0.717, 1.165) is 6.42 Å². The zero-order chi connectivity index (χ0) is 14.5. The topological polar surface area (TPSA) is 85.8 Å². The zero-order valence-corrected chi connectivity index (χ0v) is 12.1. The van der Waals surface area contributed by atoms with E-state index in [9.17, 15) is 4.79 Å². The van der Waals surface area contributed by atoms with Crippen LogP contribution >= 0.6 is 11.6 Å². The summed E-state index contributed by atoms with van der Waals surface area (Å²) in [4.78, 5) is 16.0. The molecule has 0 aliphatic carbocycles. The predicted octanol–water partition coefficient (Wildman–Crippen LogP) is 1.65. The molecule has 108 valence electrons. The minimum atomic E-state index is -0.283. The number of nitrogens with zero attached hydrogens (tertiary/aromatic N) is 4. The van der Waals surface area contributed by atoms with Crippen LogP contribution in [0.4, 0.5) is 5.69 Å². The molecule has 0 fully saturated rings. The van der Waals surface area contributed by atoms with Crippen molar-refractivity contribution in [1.82, 2.24) is 19.9 Å². The summed E-state index contributed by atoms with van der Waals surface area (Å²) in [6.07, 6.45) is 2.96. The normalized spacial score (nSPS) is 10.8. The summed E-state index contributed by atoms with van der Waals surface area (Å²) in [5.74, 6) is 1.14. The van der Waals surface area contributed by atoms with Gasteiger partial charge >= 0.3 is 0 Å². The second kappa shape index (κ2) is 6.51. The van der Waals surface area contributed by atoms with E-state index in [1.54, 1.807) is 13.1 Å². The van der Waals surface area contributed by atoms with Crippen LogP contribution in [0.15, 0.2) is 15.5 Å². The predicted molar refractivity (Wildman–Crippen MR) is 75.0 cm³/mol. The van der Waals surface area contributed by atoms with Gasteiger partial charge in [-0.1, -0.05) is 23.7 Å². The van der Waals surface area contributed by atoms with Gasteiger partial charge in [0, 0.05) is 26.4 Å². The van der Waals surface area contributed by atoms with Crippen LogP contribution in [-0.2, 0) is 13.0 Å². The van der Waals surface area contributed by atoms with Crippen LogP contribution in [0.1, 0.15) is 25.1 Å². The molecule has 0 amide bonds. The van der Waals surface area contributed by atoms with Gasteiger partial charge in [-0.2, -0.15) is 10.1 Å². The van der Waals surface area contributed by atoms with Gasteiger partial charge in [0.2, 0.25) is 5.89 Å². The van der Waals surface area contributed by atoms with Crippen molar-refractivity contribution < 1.29 is 4.52 Å². The van der Waals surface area contributed by atoms with Crippen LogP contribution in [0.3, 0.4) is 0 Å². The maximum absolute atomic E-state index is 11.9. The Hall–Kier alpha value is -1.89. The Balaban J connectivity index is 1.99. The molecule has 8 heteroatoms. The summed E-state index contributed by atoms with van der Waals surface area (Å²) >= 11 is 6.03. The first-order chi connectivity index (χ1) is 9.61. The van der Waals surface area contributed by atoms with Gasteiger partial charge in [0.25, 0.3) is 5.56 Å². The Morgan fingerprint density at radius 3 is 2.95 bits per heavy atom. The van der Waals surface area contributed by atoms with Crippen molar-refractivity contribution in [2.45, 2.75) is 33.2 Å². The molecule has 0 aromatic carbocycles. The zero-order valence-electron chi connectivity index (χ0n) is 11.4. The summed E-state index contributed by atoms with van der Waals surface area (Å²) in [6.45, 7) is 4.80. The molecule has 0 saturated heterocycles. The van der Waals surface area contributed by atoms with Gasteiger partial charge < -0.3 is 9.84 Å². The molecule has 2 aromatic rings. The van der Waals surface area contributed by atoms with Gasteiger partial charge in [-0.25, -0.2) is 4.68 Å². The highest BCUT2D eigenvalue weighted by molar-refractivity contribution is 6.32. The molecular formula is C12H16ClN5O2. The molecule has 0 spiro atoms. The third-order valence-corrected chi connectivity index (χ3v) is 3.02. The SMILES string of the molecule is CCCn1ncc(NCCc2noc(C)n2)c(Cl)c1=O. The van der Waals surface area contributed by atoms with E-state index in [0.29, 0.717) is 36.9 Å². The van der Waals surface area contributed by atoms with Crippen molar-refractivity contribution in [2.24, 2.45) is 0 Å². The first-order valence-corrected chi connectivity index (χ1v) is 6.78. The third-order valence-electron chi connectivity index (χ3n) is 2.65. The lowest BCUT2D eigenvalue weighted by Gasteiger charge is -2.08. The van der Waals surface area contributed by atoms with Crippen molar-refractivity contribution in [2.75, 3.05) is 11.9 Å². The lowest BCUT2D eigenvalue weighted by Crippen LogP contribution is -2.24. The smallest absolute Gasteiger partial charge is 0.287 e. The maximum atomic E-state index is 11.9. The van der Waals surface area contributed by atoms with Crippen LogP contribution in [0.2, 0.25) is 5.02 Å². The molecule has 7 nitrogen and oxygen atoms in total. The molecule has 0 bridgehead atoms. The average Bonchev–Trinajstić information content (AvgIpc) is 2.84. The fourth-order valence-electron chi connectivity index (χ4n) is 1.71. The summed E-state index contributed by atoms with van der Waals surface area (Å²) in [6, 6.07) is 0. The van der Waals surface area contributed by atoms with Crippen molar-refractivity contribution in [3.8, 4) is 0 Å². The van der Waals surface area contributed by atoms with E-state index in [1.807, 2.05) is 6.92 Å². The van der Waals surface area contributed by atoms with Crippen LogP contribution < -0.4 is 10.9 Å². The molecule has 2 heterocycles. The van der Waals surface area contributed by atoms with Crippen molar-refractivity contribution in [3.05, 3.63) is 33.3 Å². The highest BCUT2D eigenvalue weighted by Crippen LogP contribution is 2.15. The number of hydrogen-bond acceptors (Lipinski definition) is 6. The molecule has 2 rings (SSSR count). The lowest BCUT2D eigenvalue weighted by atomic mass is 10.3. The Bertz CT molecular complexity index is 637. The van der Waals surface area contributed by atoms with Crippen molar-refractivity contribution in [1.29, 1.82) is 0 Å². The molecule has 1 N–H and O–H groups in total. The lowest BCUT2D eigenvalue weighted by molar-refractivity contribution is 0.387. The summed E-state index contributed by atoms with van der Waals surface area (Å²) in [7, 11) is 0. The largest absolute Gasteiger partial charge is 0.382 e. The Kier molecular flexibility index (Phi) is 4.73. The van der Waals surface area contributed by atoms with Gasteiger partial charge in [0.15, 0.2) is 5.82 Å². The number of hydrogen-bond donors (Lipinski definition) is 1. The second-order valence-corrected chi connectivity index (χ2v) is 4.68. The molecule has 0 unspecified atom stereocenters. The van der Waals surface area contributed by atoms with Gasteiger partial charge in [0.1, 0.15) is 5.02 Å². The number of aryl methyl sites for hydroxylation is 2. The molecule has 0 aliphatic heterocycles. The molecule has 0 saturated carbocycles. The fourth-order valence-corrected chi connectivity index (χ4v) is 1.92. The third kappa shape index (κ3) is 3.36. The van der Waals surface area contributed by atoms with Gasteiger partial charge in [-0.3, -0.25) is 4.79 Å². The quantitative estimate of drug-likeness (QED) is 0.872. The molecular weight excluding hydrogens is 282 g/mol. The number of nitrogens with one attached hydrogen (secondary N) is 1. The monoisotopic (exact) mass is 297 g/mol. The summed E-state index contributed by atoms with van der Waals surface area (Å²) in [5, 5.41) is 11.1. The molecule has 0 atom stereocenters. The van der Waals surface area contributed by atoms with E-state index < -0.39 is 0 Å². The van der Waals surface area contributed by atoms with E-state index in [2.05, 4.69) is 20.6 Å². The molecule has 20 heavy (non-hydrogen) atoms. The van der Waals surface area contributed by atoms with E-state index in [4.69, 9.17) is 16.1 Å². The maximum Gasteiger partial charge on any atom is 0.287 e. The number of aromatic nitrogens is 4. The van der Waals surface area contributed by atoms with E-state index >= 15 is 0 Å². The van der Waals surface area contributed by atoms with E-state index in [1.165, 1.54) is 4.68 Å². The number of anilines is 1. The van der Waals surface area contributed by atoms with Gasteiger partial charge in [0.05, 0.1) is 11.9 Å². The van der Waals surface area contributed by atoms with Crippen LogP contribution in [0.25, 0.3) is 0 Å². The Morgan fingerprint density at radius 2 is 2.30 bits per heavy atom. The Morgan fingerprint density at radius 1 is 1.50 bits per heavy atom. The standard InChI is InChI=1S/C12H16ClN5O2/c1-3-6-18-12(19)11(13)9(7-15-18)14-5-4-10-16-8(2)20-17-10/h7,14H,3-6H2,1-2H3. The molecule has 0 radical (unpaired) electrons. The van der Waals surface area contributed by atoms with Gasteiger partial charge in [-0.05, 0) is 6.42 Å². The fraction of sp³-hybridized carbons (Fsp3) is 0.500.